The van der Waals surface area contributed by atoms with Gasteiger partial charge < -0.3 is 14.2 Å². The van der Waals surface area contributed by atoms with Crippen LogP contribution >= 0.6 is 0 Å². The fourth-order valence-electron chi connectivity index (χ4n) is 3.85. The Morgan fingerprint density at radius 1 is 1.16 bits per heavy atom. The van der Waals surface area contributed by atoms with Gasteiger partial charge >= 0.3 is 0 Å². The minimum Gasteiger partial charge on any atom is -0.494 e. The third-order valence-electron chi connectivity index (χ3n) is 5.60. The monoisotopic (exact) mass is 419 g/mol. The van der Waals surface area contributed by atoms with Crippen LogP contribution in [0.15, 0.2) is 53.1 Å². The Morgan fingerprint density at radius 2 is 1.94 bits per heavy atom. The van der Waals surface area contributed by atoms with Gasteiger partial charge in [0.25, 0.3) is 0 Å². The zero-order chi connectivity index (χ0) is 22.0. The van der Waals surface area contributed by atoms with Crippen molar-refractivity contribution in [3.8, 4) is 17.1 Å². The second-order valence-electron chi connectivity index (χ2n) is 9.04. The average molecular weight is 420 g/mol. The van der Waals surface area contributed by atoms with Gasteiger partial charge in [-0.3, -0.25) is 4.79 Å². The highest BCUT2D eigenvalue weighted by molar-refractivity contribution is 5.79. The number of likely N-dealkylation sites (tertiary alicyclic amines) is 1. The van der Waals surface area contributed by atoms with Crippen molar-refractivity contribution in [3.63, 3.8) is 0 Å². The molecule has 1 aromatic heterocycles. The first-order chi connectivity index (χ1) is 14.8. The first-order valence-corrected chi connectivity index (χ1v) is 10.8. The van der Waals surface area contributed by atoms with Crippen LogP contribution in [0.1, 0.15) is 57.1 Å². The third-order valence-corrected chi connectivity index (χ3v) is 5.60. The number of aromatic nitrogens is 2. The van der Waals surface area contributed by atoms with Crippen molar-refractivity contribution in [2.75, 3.05) is 13.2 Å². The molecule has 31 heavy (non-hydrogen) atoms. The molecule has 6 nitrogen and oxygen atoms in total. The van der Waals surface area contributed by atoms with Crippen molar-refractivity contribution in [2.45, 2.75) is 52.0 Å². The fraction of sp³-hybridized carbons (Fsp3) is 0.400. The molecule has 1 aliphatic rings. The van der Waals surface area contributed by atoms with Crippen LogP contribution in [0.3, 0.4) is 0 Å². The van der Waals surface area contributed by atoms with E-state index in [1.165, 1.54) is 5.56 Å². The van der Waals surface area contributed by atoms with Gasteiger partial charge in [0.05, 0.1) is 12.5 Å². The summed E-state index contributed by atoms with van der Waals surface area (Å²) in [5, 5.41) is 4.16. The molecule has 1 amide bonds. The minimum absolute atomic E-state index is 0.0855. The van der Waals surface area contributed by atoms with Crippen LogP contribution < -0.4 is 4.74 Å². The maximum atomic E-state index is 12.6. The Labute approximate surface area is 183 Å². The Kier molecular flexibility index (Phi) is 5.81. The molecule has 0 bridgehead atoms. The van der Waals surface area contributed by atoms with Crippen LogP contribution in [0, 0.1) is 0 Å². The van der Waals surface area contributed by atoms with Crippen LogP contribution in [0.25, 0.3) is 11.4 Å². The second-order valence-corrected chi connectivity index (χ2v) is 9.04. The van der Waals surface area contributed by atoms with Gasteiger partial charge in [0.15, 0.2) is 0 Å². The van der Waals surface area contributed by atoms with E-state index in [-0.39, 0.29) is 17.2 Å². The standard InChI is InChI=1S/C25H29N3O3/c1-5-30-21-8-6-7-17(13-21)15-28-16-19(14-22(28)29)24-26-23(27-31-24)18-9-11-20(12-10-18)25(2,3)4/h6-13,19H,5,14-16H2,1-4H3. The largest absolute Gasteiger partial charge is 0.494 e. The quantitative estimate of drug-likeness (QED) is 0.565. The normalized spacial score (nSPS) is 16.7. The van der Waals surface area contributed by atoms with Crippen LogP contribution in [0.2, 0.25) is 0 Å². The second kappa shape index (κ2) is 8.53. The zero-order valence-electron chi connectivity index (χ0n) is 18.6. The molecule has 1 atom stereocenters. The summed E-state index contributed by atoms with van der Waals surface area (Å²) in [7, 11) is 0. The van der Waals surface area contributed by atoms with Gasteiger partial charge in [-0.25, -0.2) is 0 Å². The van der Waals surface area contributed by atoms with E-state index < -0.39 is 0 Å². The molecule has 162 valence electrons. The smallest absolute Gasteiger partial charge is 0.232 e. The Bertz CT molecular complexity index is 1050. The topological polar surface area (TPSA) is 68.5 Å². The van der Waals surface area contributed by atoms with Gasteiger partial charge in [0, 0.05) is 25.1 Å². The first kappa shape index (κ1) is 21.1. The van der Waals surface area contributed by atoms with E-state index in [9.17, 15) is 4.79 Å². The maximum Gasteiger partial charge on any atom is 0.232 e. The number of carbonyl (C=O) groups excluding carboxylic acids is 1. The fourth-order valence-corrected chi connectivity index (χ4v) is 3.85. The van der Waals surface area contributed by atoms with Gasteiger partial charge in [0.2, 0.25) is 17.6 Å². The van der Waals surface area contributed by atoms with E-state index in [1.807, 2.05) is 48.2 Å². The van der Waals surface area contributed by atoms with Gasteiger partial charge in [-0.2, -0.15) is 4.98 Å². The van der Waals surface area contributed by atoms with Crippen LogP contribution in [-0.4, -0.2) is 34.1 Å². The molecule has 2 aromatic carbocycles. The molecular formula is C25H29N3O3. The van der Waals surface area contributed by atoms with Gasteiger partial charge in [-0.05, 0) is 35.6 Å². The van der Waals surface area contributed by atoms with Crippen molar-refractivity contribution in [1.82, 2.24) is 15.0 Å². The van der Waals surface area contributed by atoms with Crippen LogP contribution in [0.4, 0.5) is 0 Å². The summed E-state index contributed by atoms with van der Waals surface area (Å²) in [6.07, 6.45) is 0.385. The van der Waals surface area contributed by atoms with Crippen molar-refractivity contribution >= 4 is 5.91 Å². The predicted molar refractivity (Wildman–Crippen MR) is 119 cm³/mol. The molecule has 6 heteroatoms. The number of hydrogen-bond donors (Lipinski definition) is 0. The Balaban J connectivity index is 1.44. The lowest BCUT2D eigenvalue weighted by Crippen LogP contribution is -2.24. The summed E-state index contributed by atoms with van der Waals surface area (Å²) in [5.41, 5.74) is 3.31. The molecule has 3 aromatic rings. The summed E-state index contributed by atoms with van der Waals surface area (Å²) in [5.74, 6) is 1.92. The summed E-state index contributed by atoms with van der Waals surface area (Å²) in [4.78, 5) is 19.0. The molecule has 1 fully saturated rings. The highest BCUT2D eigenvalue weighted by Crippen LogP contribution is 2.31. The highest BCUT2D eigenvalue weighted by Gasteiger charge is 2.34. The zero-order valence-corrected chi connectivity index (χ0v) is 18.6. The van der Waals surface area contributed by atoms with E-state index in [1.54, 1.807) is 0 Å². The number of benzene rings is 2. The van der Waals surface area contributed by atoms with E-state index in [0.29, 0.717) is 37.8 Å². The third kappa shape index (κ3) is 4.79. The lowest BCUT2D eigenvalue weighted by molar-refractivity contribution is -0.128. The van der Waals surface area contributed by atoms with Crippen LogP contribution in [-0.2, 0) is 16.8 Å². The minimum atomic E-state index is -0.0855. The van der Waals surface area contributed by atoms with Gasteiger partial charge in [-0.15, -0.1) is 0 Å². The lowest BCUT2D eigenvalue weighted by Gasteiger charge is -2.18. The first-order valence-electron chi connectivity index (χ1n) is 10.8. The van der Waals surface area contributed by atoms with Crippen molar-refractivity contribution in [3.05, 3.63) is 65.5 Å². The molecule has 1 aliphatic heterocycles. The molecule has 0 spiro atoms. The van der Waals surface area contributed by atoms with Crippen LogP contribution in [0.5, 0.6) is 5.75 Å². The number of ether oxygens (including phenoxy) is 1. The SMILES string of the molecule is CCOc1cccc(CN2CC(c3nc(-c4ccc(C(C)(C)C)cc4)no3)CC2=O)c1. The molecule has 0 saturated carbocycles. The van der Waals surface area contributed by atoms with E-state index in [4.69, 9.17) is 9.26 Å². The van der Waals surface area contributed by atoms with E-state index in [0.717, 1.165) is 16.9 Å². The lowest BCUT2D eigenvalue weighted by atomic mass is 9.87. The van der Waals surface area contributed by atoms with E-state index >= 15 is 0 Å². The number of amides is 1. The average Bonchev–Trinajstić information content (AvgIpc) is 3.36. The summed E-state index contributed by atoms with van der Waals surface area (Å²) in [6, 6.07) is 16.1. The summed E-state index contributed by atoms with van der Waals surface area (Å²) >= 11 is 0. The predicted octanol–water partition coefficient (Wildman–Crippen LogP) is 4.95. The number of rotatable bonds is 6. The van der Waals surface area contributed by atoms with E-state index in [2.05, 4.69) is 43.0 Å². The molecule has 0 aliphatic carbocycles. The van der Waals surface area contributed by atoms with Gasteiger partial charge in [-0.1, -0.05) is 62.3 Å². The van der Waals surface area contributed by atoms with Crippen molar-refractivity contribution in [1.29, 1.82) is 0 Å². The molecule has 0 radical (unpaired) electrons. The summed E-state index contributed by atoms with van der Waals surface area (Å²) < 4.78 is 11.1. The molecule has 4 rings (SSSR count). The van der Waals surface area contributed by atoms with Crippen molar-refractivity contribution in [2.24, 2.45) is 0 Å². The Hall–Kier alpha value is -3.15. The number of hydrogen-bond acceptors (Lipinski definition) is 5. The molecule has 2 heterocycles. The summed E-state index contributed by atoms with van der Waals surface area (Å²) in [6.45, 7) is 10.2. The number of nitrogens with zero attached hydrogens (tertiary/aromatic N) is 3. The molecule has 1 saturated heterocycles. The highest BCUT2D eigenvalue weighted by atomic mass is 16.5. The number of carbonyl (C=O) groups is 1. The molecule has 0 N–H and O–H groups in total. The van der Waals surface area contributed by atoms with Gasteiger partial charge in [0.1, 0.15) is 5.75 Å². The Morgan fingerprint density at radius 3 is 2.65 bits per heavy atom. The maximum absolute atomic E-state index is 12.6. The molecular weight excluding hydrogens is 390 g/mol. The molecule has 1 unspecified atom stereocenters. The van der Waals surface area contributed by atoms with Crippen molar-refractivity contribution < 1.29 is 14.1 Å².